The highest BCUT2D eigenvalue weighted by molar-refractivity contribution is 6.33. The van der Waals surface area contributed by atoms with Gasteiger partial charge in [0.25, 0.3) is 0 Å². The number of benzene rings is 2. The molecule has 182 valence electrons. The van der Waals surface area contributed by atoms with Crippen molar-refractivity contribution in [1.82, 2.24) is 4.98 Å². The summed E-state index contributed by atoms with van der Waals surface area (Å²) in [6.07, 6.45) is 2.14. The van der Waals surface area contributed by atoms with Gasteiger partial charge >= 0.3 is 5.97 Å². The lowest BCUT2D eigenvalue weighted by Crippen LogP contribution is -2.09. The second kappa shape index (κ2) is 10.7. The minimum Gasteiger partial charge on any atom is -0.488 e. The van der Waals surface area contributed by atoms with E-state index >= 15 is 0 Å². The van der Waals surface area contributed by atoms with Gasteiger partial charge in [0, 0.05) is 10.6 Å². The van der Waals surface area contributed by atoms with Crippen LogP contribution in [0.15, 0.2) is 42.5 Å². The lowest BCUT2D eigenvalue weighted by molar-refractivity contribution is 0.0519. The molecule has 0 saturated carbocycles. The molecule has 0 radical (unpaired) electrons. The number of carbonyl (C=O) groups excluding carboxylic acids is 1. The summed E-state index contributed by atoms with van der Waals surface area (Å²) in [5.74, 6) is -3.65. The fourth-order valence-corrected chi connectivity index (χ4v) is 4.35. The van der Waals surface area contributed by atoms with Gasteiger partial charge in [-0.05, 0) is 79.8 Å². The summed E-state index contributed by atoms with van der Waals surface area (Å²) in [6, 6.07) is 9.75. The van der Waals surface area contributed by atoms with Gasteiger partial charge in [0.15, 0.2) is 17.3 Å². The van der Waals surface area contributed by atoms with E-state index in [-0.39, 0.29) is 17.3 Å². The second-order valence-corrected chi connectivity index (χ2v) is 8.65. The molecule has 0 aliphatic heterocycles. The van der Waals surface area contributed by atoms with Crippen molar-refractivity contribution in [1.29, 1.82) is 0 Å². The lowest BCUT2D eigenvalue weighted by atomic mass is 9.98. The molecule has 0 bridgehead atoms. The van der Waals surface area contributed by atoms with Crippen LogP contribution >= 0.6 is 23.2 Å². The fourth-order valence-electron chi connectivity index (χ4n) is 3.99. The molecule has 1 aromatic heterocycles. The normalized spacial score (nSPS) is 13.3. The Bertz CT molecular complexity index is 1330. The van der Waals surface area contributed by atoms with E-state index < -0.39 is 35.6 Å². The van der Waals surface area contributed by atoms with Crippen molar-refractivity contribution in [2.75, 3.05) is 6.61 Å². The van der Waals surface area contributed by atoms with E-state index in [4.69, 9.17) is 32.7 Å². The lowest BCUT2D eigenvalue weighted by Gasteiger charge is -2.16. The van der Waals surface area contributed by atoms with Crippen LogP contribution in [0, 0.1) is 17.5 Å². The number of nitrogens with zero attached hydrogens (tertiary/aromatic N) is 1. The smallest absolute Gasteiger partial charge is 0.358 e. The molecule has 0 fully saturated rings. The first-order valence-electron chi connectivity index (χ1n) is 10.9. The quantitative estimate of drug-likeness (QED) is 0.236. The van der Waals surface area contributed by atoms with Crippen LogP contribution in [0.1, 0.15) is 53.5 Å². The molecule has 4 rings (SSSR count). The van der Waals surface area contributed by atoms with Crippen molar-refractivity contribution < 1.29 is 27.4 Å². The highest BCUT2D eigenvalue weighted by atomic mass is 35.5. The van der Waals surface area contributed by atoms with E-state index in [9.17, 15) is 18.0 Å². The average Bonchev–Trinajstić information content (AvgIpc) is 3.32. The summed E-state index contributed by atoms with van der Waals surface area (Å²) >= 11 is 12.4. The zero-order valence-electron chi connectivity index (χ0n) is 18.6. The van der Waals surface area contributed by atoms with Crippen molar-refractivity contribution in [2.45, 2.75) is 32.8 Å². The van der Waals surface area contributed by atoms with Crippen molar-refractivity contribution in [3.63, 3.8) is 0 Å². The number of aromatic nitrogens is 1. The maximum atomic E-state index is 14.1. The van der Waals surface area contributed by atoms with Crippen molar-refractivity contribution in [3.8, 4) is 5.75 Å². The van der Waals surface area contributed by atoms with Crippen LogP contribution in [0.5, 0.6) is 5.75 Å². The molecule has 0 spiro atoms. The first-order valence-corrected chi connectivity index (χ1v) is 11.7. The highest BCUT2D eigenvalue weighted by Crippen LogP contribution is 2.43. The molecule has 1 heterocycles. The summed E-state index contributed by atoms with van der Waals surface area (Å²) in [6.45, 7) is 1.36. The molecule has 0 saturated heterocycles. The molecule has 9 heteroatoms. The molecule has 0 N–H and O–H groups in total. The molecular formula is C26H20Cl2F3NO3. The van der Waals surface area contributed by atoms with Gasteiger partial charge < -0.3 is 9.47 Å². The number of esters is 1. The predicted octanol–water partition coefficient (Wildman–Crippen LogP) is 7.66. The van der Waals surface area contributed by atoms with Crippen LogP contribution in [0.25, 0.3) is 11.1 Å². The molecule has 1 aliphatic carbocycles. The van der Waals surface area contributed by atoms with E-state index in [1.165, 1.54) is 0 Å². The maximum Gasteiger partial charge on any atom is 0.358 e. The van der Waals surface area contributed by atoms with Crippen LogP contribution < -0.4 is 4.74 Å². The van der Waals surface area contributed by atoms with Crippen LogP contribution in [0.4, 0.5) is 13.2 Å². The SMILES string of the molecule is CCOC(=O)c1nc(C2=C(c3cc(Cl)ccc3OCc3c(F)ccc(F)c3F)CCC2)ccc1Cl. The minimum atomic E-state index is -1.29. The van der Waals surface area contributed by atoms with Gasteiger partial charge in [0.05, 0.1) is 22.9 Å². The Labute approximate surface area is 210 Å². The van der Waals surface area contributed by atoms with E-state index in [2.05, 4.69) is 4.98 Å². The van der Waals surface area contributed by atoms with E-state index in [1.807, 2.05) is 0 Å². The Morgan fingerprint density at radius 1 is 1.00 bits per heavy atom. The number of ether oxygens (including phenoxy) is 2. The second-order valence-electron chi connectivity index (χ2n) is 7.81. The average molecular weight is 522 g/mol. The third-order valence-electron chi connectivity index (χ3n) is 5.62. The zero-order chi connectivity index (χ0) is 25.1. The van der Waals surface area contributed by atoms with Crippen LogP contribution in [-0.2, 0) is 11.3 Å². The summed E-state index contributed by atoms with van der Waals surface area (Å²) in [7, 11) is 0. The topological polar surface area (TPSA) is 48.4 Å². The summed E-state index contributed by atoms with van der Waals surface area (Å²) in [5.41, 5.74) is 2.42. The molecule has 0 amide bonds. The van der Waals surface area contributed by atoms with Gasteiger partial charge in [-0.2, -0.15) is 0 Å². The minimum absolute atomic E-state index is 0.0180. The van der Waals surface area contributed by atoms with Crippen LogP contribution in [0.2, 0.25) is 10.0 Å². The van der Waals surface area contributed by atoms with Crippen molar-refractivity contribution in [3.05, 3.63) is 92.5 Å². The Balaban J connectivity index is 1.73. The van der Waals surface area contributed by atoms with E-state index in [1.54, 1.807) is 37.3 Å². The van der Waals surface area contributed by atoms with Gasteiger partial charge in [-0.3, -0.25) is 0 Å². The molecule has 0 atom stereocenters. The largest absolute Gasteiger partial charge is 0.488 e. The highest BCUT2D eigenvalue weighted by Gasteiger charge is 2.24. The van der Waals surface area contributed by atoms with Gasteiger partial charge in [0.2, 0.25) is 0 Å². The monoisotopic (exact) mass is 521 g/mol. The van der Waals surface area contributed by atoms with E-state index in [0.717, 1.165) is 29.7 Å². The zero-order valence-corrected chi connectivity index (χ0v) is 20.2. The molecule has 2 aromatic carbocycles. The van der Waals surface area contributed by atoms with E-state index in [0.29, 0.717) is 34.9 Å². The third kappa shape index (κ3) is 5.31. The van der Waals surface area contributed by atoms with Crippen molar-refractivity contribution in [2.24, 2.45) is 0 Å². The summed E-state index contributed by atoms with van der Waals surface area (Å²) in [4.78, 5) is 16.7. The first-order chi connectivity index (χ1) is 16.8. The van der Waals surface area contributed by atoms with Crippen molar-refractivity contribution >= 4 is 40.3 Å². The third-order valence-corrected chi connectivity index (χ3v) is 6.16. The number of carbonyl (C=O) groups is 1. The van der Waals surface area contributed by atoms with Gasteiger partial charge in [0.1, 0.15) is 18.2 Å². The first kappa shape index (κ1) is 25.1. The number of hydrogen-bond donors (Lipinski definition) is 0. The molecule has 4 nitrogen and oxygen atoms in total. The summed E-state index contributed by atoms with van der Waals surface area (Å²) < 4.78 is 52.6. The number of allylic oxidation sites excluding steroid dienone is 2. The maximum absolute atomic E-state index is 14.1. The number of hydrogen-bond acceptors (Lipinski definition) is 4. The Kier molecular flexibility index (Phi) is 7.67. The number of pyridine rings is 1. The molecule has 3 aromatic rings. The van der Waals surface area contributed by atoms with Crippen LogP contribution in [0.3, 0.4) is 0 Å². The van der Waals surface area contributed by atoms with Crippen LogP contribution in [-0.4, -0.2) is 17.6 Å². The molecule has 1 aliphatic rings. The van der Waals surface area contributed by atoms with Gasteiger partial charge in [-0.15, -0.1) is 0 Å². The summed E-state index contributed by atoms with van der Waals surface area (Å²) in [5, 5.41) is 0.615. The number of halogens is 5. The molecule has 0 unspecified atom stereocenters. The molecule has 35 heavy (non-hydrogen) atoms. The van der Waals surface area contributed by atoms with Gasteiger partial charge in [-0.25, -0.2) is 22.9 Å². The predicted molar refractivity (Wildman–Crippen MR) is 128 cm³/mol. The Morgan fingerprint density at radius 3 is 2.51 bits per heavy atom. The molecular weight excluding hydrogens is 502 g/mol. The fraction of sp³-hybridized carbons (Fsp3) is 0.231. The Morgan fingerprint density at radius 2 is 1.74 bits per heavy atom. The van der Waals surface area contributed by atoms with Gasteiger partial charge in [-0.1, -0.05) is 23.2 Å². The number of rotatable bonds is 7. The Hall–Kier alpha value is -3.03. The standard InChI is InChI=1S/C26H20Cl2F3NO3/c1-2-34-26(33)25-19(28)7-10-22(32-25)16-5-3-4-15(16)17-12-14(27)6-11-23(17)35-13-18-20(29)8-9-21(30)24(18)31/h6-12H,2-5,13H2,1H3.